The minimum absolute atomic E-state index is 0.0445. The molecule has 34 heavy (non-hydrogen) atoms. The summed E-state index contributed by atoms with van der Waals surface area (Å²) in [5.41, 5.74) is 2.20. The first-order valence-corrected chi connectivity index (χ1v) is 11.8. The Bertz CT molecular complexity index is 875. The molecule has 11 heteroatoms. The summed E-state index contributed by atoms with van der Waals surface area (Å²) in [7, 11) is 3.50. The van der Waals surface area contributed by atoms with Crippen LogP contribution in [-0.4, -0.2) is 92.4 Å². The van der Waals surface area contributed by atoms with Crippen LogP contribution in [0.5, 0.6) is 0 Å². The average molecular weight is 505 g/mol. The molecule has 0 bridgehead atoms. The summed E-state index contributed by atoms with van der Waals surface area (Å²) in [4.78, 5) is 27.8. The number of benzene rings is 1. The van der Waals surface area contributed by atoms with Crippen molar-refractivity contribution in [2.45, 2.75) is 37.9 Å². The third-order valence-electron chi connectivity index (χ3n) is 6.93. The second kappa shape index (κ2) is 10.7. The number of carbonyl (C=O) groups is 2. The second-order valence-corrected chi connectivity index (χ2v) is 9.95. The lowest BCUT2D eigenvalue weighted by Crippen LogP contribution is -2.61. The van der Waals surface area contributed by atoms with Crippen LogP contribution in [0.2, 0.25) is 5.02 Å². The number of halogens is 4. The Morgan fingerprint density at radius 1 is 1.15 bits per heavy atom. The van der Waals surface area contributed by atoms with E-state index in [1.165, 1.54) is 51.9 Å². The van der Waals surface area contributed by atoms with Crippen LogP contribution in [0.1, 0.15) is 36.0 Å². The quantitative estimate of drug-likeness (QED) is 0.657. The van der Waals surface area contributed by atoms with Crippen LogP contribution in [0.15, 0.2) is 18.2 Å². The van der Waals surface area contributed by atoms with Crippen molar-refractivity contribution >= 4 is 29.2 Å². The van der Waals surface area contributed by atoms with E-state index in [0.29, 0.717) is 16.0 Å². The Balaban J connectivity index is 0.000000406. The number of rotatable bonds is 3. The van der Waals surface area contributed by atoms with Gasteiger partial charge in [0.1, 0.15) is 0 Å². The van der Waals surface area contributed by atoms with E-state index in [1.807, 2.05) is 18.2 Å². The number of amides is 1. The third kappa shape index (κ3) is 6.34. The van der Waals surface area contributed by atoms with Gasteiger partial charge in [-0.2, -0.15) is 13.2 Å². The van der Waals surface area contributed by atoms with Gasteiger partial charge in [-0.25, -0.2) is 4.79 Å². The van der Waals surface area contributed by atoms with Crippen LogP contribution >= 0.6 is 11.6 Å². The summed E-state index contributed by atoms with van der Waals surface area (Å²) in [5, 5.41) is 11.1. The number of carboxylic acid groups (broad SMARTS) is 1. The summed E-state index contributed by atoms with van der Waals surface area (Å²) in [5.74, 6) is -2.80. The molecule has 1 spiro atoms. The van der Waals surface area contributed by atoms with Crippen molar-refractivity contribution < 1.29 is 27.9 Å². The Labute approximate surface area is 202 Å². The van der Waals surface area contributed by atoms with E-state index in [-0.39, 0.29) is 5.91 Å². The number of nitrogens with one attached hydrogen (secondary N) is 1. The van der Waals surface area contributed by atoms with E-state index >= 15 is 0 Å². The molecule has 0 atom stereocenters. The summed E-state index contributed by atoms with van der Waals surface area (Å²) in [6.07, 6.45) is 0.127. The Morgan fingerprint density at radius 3 is 2.18 bits per heavy atom. The highest BCUT2D eigenvalue weighted by molar-refractivity contribution is 6.34. The molecule has 3 aliphatic rings. The summed E-state index contributed by atoms with van der Waals surface area (Å²) >= 11 is 6.39. The summed E-state index contributed by atoms with van der Waals surface area (Å²) in [6.45, 7) is 7.07. The molecule has 3 aliphatic heterocycles. The van der Waals surface area contributed by atoms with Crippen molar-refractivity contribution in [2.75, 3.05) is 58.3 Å². The van der Waals surface area contributed by atoms with Gasteiger partial charge >= 0.3 is 12.1 Å². The Hall–Kier alpha value is -2.04. The summed E-state index contributed by atoms with van der Waals surface area (Å²) in [6, 6.07) is 6.65. The van der Waals surface area contributed by atoms with Crippen LogP contribution < -0.4 is 10.2 Å². The number of piperidine rings is 2. The van der Waals surface area contributed by atoms with Crippen molar-refractivity contribution in [3.63, 3.8) is 0 Å². The number of carboxylic acids is 1. The number of alkyl halides is 3. The van der Waals surface area contributed by atoms with Crippen LogP contribution in [0, 0.1) is 5.41 Å². The molecule has 0 saturated carbocycles. The number of likely N-dealkylation sites (tertiary alicyclic amines) is 1. The third-order valence-corrected chi connectivity index (χ3v) is 7.25. The van der Waals surface area contributed by atoms with Gasteiger partial charge in [-0.3, -0.25) is 4.79 Å². The molecule has 1 aromatic rings. The topological polar surface area (TPSA) is 76.1 Å². The predicted molar refractivity (Wildman–Crippen MR) is 125 cm³/mol. The lowest BCUT2D eigenvalue weighted by atomic mass is 9.71. The molecule has 3 fully saturated rings. The molecule has 1 amide bonds. The van der Waals surface area contributed by atoms with Crippen LogP contribution in [-0.2, 0) is 4.79 Å². The first-order chi connectivity index (χ1) is 15.9. The van der Waals surface area contributed by atoms with Gasteiger partial charge in [0.25, 0.3) is 5.91 Å². The van der Waals surface area contributed by atoms with E-state index in [0.717, 1.165) is 24.8 Å². The standard InChI is InChI=1S/C21H31ClN4O.C2HF3O2/c1-24(2)20(27)18-4-3-17(13-19(18)22)26-14-21(15-26)7-11-25(12-8-21)16-5-9-23-10-6-16;3-2(4,5)1(6)7/h3-4,13,16,23H,5-12,14-15H2,1-2H3;(H,6,7). The molecule has 3 heterocycles. The number of hydrogen-bond acceptors (Lipinski definition) is 5. The van der Waals surface area contributed by atoms with Crippen molar-refractivity contribution in [1.29, 1.82) is 0 Å². The molecular weight excluding hydrogens is 473 g/mol. The smallest absolute Gasteiger partial charge is 0.475 e. The Kier molecular flexibility index (Phi) is 8.36. The molecular formula is C23H32ClF3N4O3. The van der Waals surface area contributed by atoms with Gasteiger partial charge in [-0.05, 0) is 70.1 Å². The van der Waals surface area contributed by atoms with Crippen LogP contribution in [0.25, 0.3) is 0 Å². The molecule has 0 radical (unpaired) electrons. The maximum Gasteiger partial charge on any atom is 0.490 e. The van der Waals surface area contributed by atoms with Gasteiger partial charge in [0.15, 0.2) is 0 Å². The van der Waals surface area contributed by atoms with E-state index in [2.05, 4.69) is 15.1 Å². The fourth-order valence-corrected chi connectivity index (χ4v) is 5.17. The van der Waals surface area contributed by atoms with Gasteiger partial charge in [0.05, 0.1) is 10.6 Å². The molecule has 4 rings (SSSR count). The number of carbonyl (C=O) groups excluding carboxylic acids is 1. The molecule has 3 saturated heterocycles. The molecule has 0 aromatic heterocycles. The molecule has 190 valence electrons. The first-order valence-electron chi connectivity index (χ1n) is 11.4. The minimum Gasteiger partial charge on any atom is -0.475 e. The van der Waals surface area contributed by atoms with E-state index in [1.54, 1.807) is 19.0 Å². The highest BCUT2D eigenvalue weighted by atomic mass is 35.5. The van der Waals surface area contributed by atoms with Gasteiger partial charge in [0, 0.05) is 44.3 Å². The minimum atomic E-state index is -5.08. The molecule has 7 nitrogen and oxygen atoms in total. The second-order valence-electron chi connectivity index (χ2n) is 9.54. The van der Waals surface area contributed by atoms with Gasteiger partial charge < -0.3 is 25.1 Å². The fourth-order valence-electron chi connectivity index (χ4n) is 4.91. The molecule has 0 aliphatic carbocycles. The van der Waals surface area contributed by atoms with Gasteiger partial charge in [-0.15, -0.1) is 0 Å². The lowest BCUT2D eigenvalue weighted by Gasteiger charge is -2.56. The molecule has 2 N–H and O–H groups in total. The number of aliphatic carboxylic acids is 1. The normalized spacial score (nSPS) is 20.8. The summed E-state index contributed by atoms with van der Waals surface area (Å²) < 4.78 is 31.7. The molecule has 1 aromatic carbocycles. The fraction of sp³-hybridized carbons (Fsp3) is 0.652. The number of nitrogens with zero attached hydrogens (tertiary/aromatic N) is 3. The lowest BCUT2D eigenvalue weighted by molar-refractivity contribution is -0.192. The Morgan fingerprint density at radius 2 is 1.71 bits per heavy atom. The first kappa shape index (κ1) is 26.6. The van der Waals surface area contributed by atoms with E-state index in [9.17, 15) is 18.0 Å². The van der Waals surface area contributed by atoms with Gasteiger partial charge in [-0.1, -0.05) is 11.6 Å². The predicted octanol–water partition coefficient (Wildman–Crippen LogP) is 3.33. The van der Waals surface area contributed by atoms with Crippen molar-refractivity contribution in [1.82, 2.24) is 15.1 Å². The average Bonchev–Trinajstić information content (AvgIpc) is 2.77. The zero-order valence-electron chi connectivity index (χ0n) is 19.5. The van der Waals surface area contributed by atoms with E-state index in [4.69, 9.17) is 21.5 Å². The number of hydrogen-bond donors (Lipinski definition) is 2. The highest BCUT2D eigenvalue weighted by Crippen LogP contribution is 2.43. The van der Waals surface area contributed by atoms with Crippen LogP contribution in [0.4, 0.5) is 18.9 Å². The SMILES string of the molecule is CN(C)C(=O)c1ccc(N2CC3(CCN(C4CCNCC4)CC3)C2)cc1Cl.O=C(O)C(F)(F)F. The highest BCUT2D eigenvalue weighted by Gasteiger charge is 2.45. The zero-order valence-corrected chi connectivity index (χ0v) is 20.3. The largest absolute Gasteiger partial charge is 0.490 e. The van der Waals surface area contributed by atoms with Gasteiger partial charge in [0.2, 0.25) is 0 Å². The van der Waals surface area contributed by atoms with E-state index < -0.39 is 12.1 Å². The molecule has 0 unspecified atom stereocenters. The maximum atomic E-state index is 12.2. The van der Waals surface area contributed by atoms with Crippen molar-refractivity contribution in [2.24, 2.45) is 5.41 Å². The zero-order chi connectivity index (χ0) is 25.1. The van der Waals surface area contributed by atoms with Crippen LogP contribution in [0.3, 0.4) is 0 Å². The maximum absolute atomic E-state index is 12.2. The monoisotopic (exact) mass is 504 g/mol. The number of anilines is 1. The van der Waals surface area contributed by atoms with Crippen molar-refractivity contribution in [3.05, 3.63) is 28.8 Å². The van der Waals surface area contributed by atoms with Crippen molar-refractivity contribution in [3.8, 4) is 0 Å².